The number of ether oxygens (including phenoxy) is 2. The second-order valence-electron chi connectivity index (χ2n) is 7.01. The van der Waals surface area contributed by atoms with Gasteiger partial charge < -0.3 is 19.9 Å². The molecule has 31 heavy (non-hydrogen) atoms. The molecular formula is C21H21F3N2O4S. The van der Waals surface area contributed by atoms with Crippen LogP contribution in [0.3, 0.4) is 0 Å². The van der Waals surface area contributed by atoms with E-state index in [0.29, 0.717) is 18.6 Å². The van der Waals surface area contributed by atoms with Crippen LogP contribution in [0, 0.1) is 5.92 Å². The number of hydrogen-bond acceptors (Lipinski definition) is 5. The molecule has 6 nitrogen and oxygen atoms in total. The van der Waals surface area contributed by atoms with Crippen molar-refractivity contribution in [1.82, 2.24) is 10.6 Å². The van der Waals surface area contributed by atoms with Crippen molar-refractivity contribution in [1.29, 1.82) is 0 Å². The first-order chi connectivity index (χ1) is 14.7. The zero-order valence-corrected chi connectivity index (χ0v) is 17.1. The van der Waals surface area contributed by atoms with Crippen molar-refractivity contribution in [3.05, 3.63) is 65.7 Å². The predicted molar refractivity (Wildman–Crippen MR) is 110 cm³/mol. The summed E-state index contributed by atoms with van der Waals surface area (Å²) in [6.45, 7) is -0.107. The van der Waals surface area contributed by atoms with Crippen LogP contribution in [-0.4, -0.2) is 42.3 Å². The molecule has 1 aliphatic rings. The molecule has 0 spiro atoms. The van der Waals surface area contributed by atoms with E-state index in [2.05, 4.69) is 15.4 Å². The molecule has 1 aliphatic heterocycles. The monoisotopic (exact) mass is 454 g/mol. The quantitative estimate of drug-likeness (QED) is 0.603. The largest absolute Gasteiger partial charge is 0.573 e. The van der Waals surface area contributed by atoms with Crippen molar-refractivity contribution in [2.24, 2.45) is 5.92 Å². The number of amides is 1. The van der Waals surface area contributed by atoms with Gasteiger partial charge in [-0.05, 0) is 36.8 Å². The molecule has 2 atom stereocenters. The van der Waals surface area contributed by atoms with E-state index in [4.69, 9.17) is 17.0 Å². The van der Waals surface area contributed by atoms with Crippen LogP contribution in [0.4, 0.5) is 13.2 Å². The van der Waals surface area contributed by atoms with Crippen LogP contribution in [0.1, 0.15) is 22.3 Å². The zero-order chi connectivity index (χ0) is 22.5. The number of hydrogen-bond donors (Lipinski definition) is 3. The van der Waals surface area contributed by atoms with Crippen LogP contribution in [0.25, 0.3) is 0 Å². The summed E-state index contributed by atoms with van der Waals surface area (Å²) in [6, 6.07) is 13.9. The third-order valence-corrected chi connectivity index (χ3v) is 5.25. The highest BCUT2D eigenvalue weighted by Crippen LogP contribution is 2.41. The van der Waals surface area contributed by atoms with E-state index in [9.17, 15) is 23.1 Å². The van der Waals surface area contributed by atoms with Gasteiger partial charge >= 0.3 is 6.36 Å². The fourth-order valence-corrected chi connectivity index (χ4v) is 3.90. The van der Waals surface area contributed by atoms with E-state index in [0.717, 1.165) is 0 Å². The Morgan fingerprint density at radius 1 is 1.19 bits per heavy atom. The van der Waals surface area contributed by atoms with E-state index < -0.39 is 29.5 Å². The summed E-state index contributed by atoms with van der Waals surface area (Å²) >= 11 is 5.29. The number of thiocarbonyl (C=S) groups is 1. The van der Waals surface area contributed by atoms with Crippen molar-refractivity contribution in [3.63, 3.8) is 0 Å². The molecule has 166 valence electrons. The number of benzene rings is 2. The second kappa shape index (κ2) is 9.63. The van der Waals surface area contributed by atoms with Crippen LogP contribution >= 0.6 is 12.2 Å². The molecule has 3 N–H and O–H groups in total. The molecule has 2 aromatic carbocycles. The second-order valence-corrected chi connectivity index (χ2v) is 7.42. The van der Waals surface area contributed by atoms with Gasteiger partial charge in [-0.3, -0.25) is 10.1 Å². The molecule has 0 aliphatic carbocycles. The molecule has 1 fully saturated rings. The third-order valence-electron chi connectivity index (χ3n) is 5.05. The Hall–Kier alpha value is -2.69. The Labute approximate surface area is 182 Å². The maximum Gasteiger partial charge on any atom is 0.573 e. The van der Waals surface area contributed by atoms with Crippen molar-refractivity contribution in [3.8, 4) is 5.75 Å². The number of alkyl halides is 3. The lowest BCUT2D eigenvalue weighted by Gasteiger charge is -2.45. The first kappa shape index (κ1) is 23.0. The molecule has 0 unspecified atom stereocenters. The maximum atomic E-state index is 13.0. The van der Waals surface area contributed by atoms with Gasteiger partial charge in [0.2, 0.25) is 0 Å². The summed E-state index contributed by atoms with van der Waals surface area (Å²) in [5, 5.41) is 15.4. The lowest BCUT2D eigenvalue weighted by molar-refractivity contribution is -0.275. The fraction of sp³-hybridized carbons (Fsp3) is 0.333. The van der Waals surface area contributed by atoms with Gasteiger partial charge in [0.1, 0.15) is 5.75 Å². The van der Waals surface area contributed by atoms with Crippen molar-refractivity contribution in [2.75, 3.05) is 19.8 Å². The number of carbonyl (C=O) groups excluding carboxylic acids is 1. The molecule has 3 rings (SSSR count). The molecule has 1 amide bonds. The average molecular weight is 454 g/mol. The number of aliphatic hydroxyl groups is 1. The van der Waals surface area contributed by atoms with Crippen LogP contribution < -0.4 is 15.4 Å². The summed E-state index contributed by atoms with van der Waals surface area (Å²) in [5.41, 5.74) is -0.877. The van der Waals surface area contributed by atoms with Crippen LogP contribution in [0.2, 0.25) is 0 Å². The number of halogens is 3. The topological polar surface area (TPSA) is 79.8 Å². The summed E-state index contributed by atoms with van der Waals surface area (Å²) in [4.78, 5) is 12.5. The lowest BCUT2D eigenvalue weighted by Crippen LogP contribution is -2.60. The van der Waals surface area contributed by atoms with E-state index in [-0.39, 0.29) is 23.9 Å². The van der Waals surface area contributed by atoms with Gasteiger partial charge in [-0.15, -0.1) is 13.2 Å². The first-order valence-electron chi connectivity index (χ1n) is 9.47. The van der Waals surface area contributed by atoms with Crippen molar-refractivity contribution < 1.29 is 32.5 Å². The van der Waals surface area contributed by atoms with Crippen LogP contribution in [0.5, 0.6) is 5.75 Å². The summed E-state index contributed by atoms with van der Waals surface area (Å²) < 4.78 is 48.8. The zero-order valence-electron chi connectivity index (χ0n) is 16.3. The molecule has 10 heteroatoms. The normalized spacial score (nSPS) is 21.2. The van der Waals surface area contributed by atoms with Gasteiger partial charge in [-0.2, -0.15) is 0 Å². The van der Waals surface area contributed by atoms with Crippen LogP contribution in [0.15, 0.2) is 54.6 Å². The average Bonchev–Trinajstić information content (AvgIpc) is 2.73. The highest BCUT2D eigenvalue weighted by Gasteiger charge is 2.46. The standard InChI is InChI=1S/C21H21F3N2O4S/c22-21(23,24)30-17-9-5-4-8-16(17)20(13-29-11-10-15(20)12-27)26-19(31)25-18(28)14-6-2-1-3-7-14/h1-9,15,27H,10-13H2,(H2,25,26,28,31)/t15-,20+/m1/s1. The van der Waals surface area contributed by atoms with E-state index in [1.165, 1.54) is 18.2 Å². The van der Waals surface area contributed by atoms with Gasteiger partial charge in [0, 0.05) is 30.3 Å². The molecule has 2 aromatic rings. The molecule has 0 bridgehead atoms. The number of nitrogens with one attached hydrogen (secondary N) is 2. The van der Waals surface area contributed by atoms with E-state index in [1.807, 2.05) is 0 Å². The number of aliphatic hydroxyl groups excluding tert-OH is 1. The Balaban J connectivity index is 1.94. The smallest absolute Gasteiger partial charge is 0.405 e. The van der Waals surface area contributed by atoms with E-state index >= 15 is 0 Å². The third kappa shape index (κ3) is 5.52. The SMILES string of the molecule is O=C(NC(=S)N[C@@]1(c2ccccc2OC(F)(F)F)COCC[C@@H]1CO)c1ccccc1. The number of carbonyl (C=O) groups is 1. The minimum atomic E-state index is -4.91. The summed E-state index contributed by atoms with van der Waals surface area (Å²) in [5.74, 6) is -1.47. The van der Waals surface area contributed by atoms with Crippen molar-refractivity contribution >= 4 is 23.2 Å². The van der Waals surface area contributed by atoms with Gasteiger partial charge in [0.25, 0.3) is 5.91 Å². The minimum Gasteiger partial charge on any atom is -0.405 e. The Morgan fingerprint density at radius 2 is 1.87 bits per heavy atom. The molecule has 1 heterocycles. The highest BCUT2D eigenvalue weighted by molar-refractivity contribution is 7.80. The number of rotatable bonds is 5. The first-order valence-corrected chi connectivity index (χ1v) is 9.88. The number of para-hydroxylation sites is 1. The fourth-order valence-electron chi connectivity index (χ4n) is 3.62. The molecule has 0 saturated carbocycles. The van der Waals surface area contributed by atoms with Gasteiger partial charge in [0.05, 0.1) is 12.1 Å². The van der Waals surface area contributed by atoms with Crippen LogP contribution in [-0.2, 0) is 10.3 Å². The Kier molecular flexibility index (Phi) is 7.14. The molecule has 0 radical (unpaired) electrons. The van der Waals surface area contributed by atoms with Gasteiger partial charge in [-0.1, -0.05) is 36.4 Å². The maximum absolute atomic E-state index is 13.0. The highest BCUT2D eigenvalue weighted by atomic mass is 32.1. The predicted octanol–water partition coefficient (Wildman–Crippen LogP) is 3.11. The van der Waals surface area contributed by atoms with Gasteiger partial charge in [-0.25, -0.2) is 0 Å². The summed E-state index contributed by atoms with van der Waals surface area (Å²) in [7, 11) is 0. The lowest BCUT2D eigenvalue weighted by atomic mass is 9.75. The molecular weight excluding hydrogens is 433 g/mol. The van der Waals surface area contributed by atoms with Gasteiger partial charge in [0.15, 0.2) is 5.11 Å². The minimum absolute atomic E-state index is 0.0855. The van der Waals surface area contributed by atoms with E-state index in [1.54, 1.807) is 36.4 Å². The van der Waals surface area contributed by atoms with Crippen molar-refractivity contribution in [2.45, 2.75) is 18.3 Å². The molecule has 0 aromatic heterocycles. The molecule has 1 saturated heterocycles. The summed E-state index contributed by atoms with van der Waals surface area (Å²) in [6.07, 6.45) is -4.55. The Morgan fingerprint density at radius 3 is 2.55 bits per heavy atom. The Bertz CT molecular complexity index is 926.